The predicted octanol–water partition coefficient (Wildman–Crippen LogP) is 3.83. The number of ether oxygens (including phenoxy) is 2. The zero-order valence-corrected chi connectivity index (χ0v) is 15.1. The molecule has 1 aromatic heterocycles. The maximum atomic E-state index is 12.5. The number of aromatic nitrogens is 1. The number of benzene rings is 1. The van der Waals surface area contributed by atoms with Crippen molar-refractivity contribution in [1.29, 1.82) is 0 Å². The number of carbonyl (C=O) groups excluding carboxylic acids is 2. The van der Waals surface area contributed by atoms with Crippen LogP contribution in [0.4, 0.5) is 5.13 Å². The second-order valence-electron chi connectivity index (χ2n) is 6.78. The minimum absolute atomic E-state index is 0.126. The summed E-state index contributed by atoms with van der Waals surface area (Å²) < 4.78 is 11.8. The van der Waals surface area contributed by atoms with E-state index >= 15 is 0 Å². The zero-order valence-electron chi connectivity index (χ0n) is 14.3. The number of nitrogens with one attached hydrogen (secondary N) is 1. The number of amides is 1. The Labute approximate surface area is 155 Å². The van der Waals surface area contributed by atoms with Crippen LogP contribution in [-0.4, -0.2) is 28.9 Å². The van der Waals surface area contributed by atoms with Gasteiger partial charge in [-0.25, -0.2) is 4.98 Å². The molecule has 1 amide bonds. The molecule has 2 heterocycles. The van der Waals surface area contributed by atoms with Crippen LogP contribution in [0.15, 0.2) is 29.8 Å². The van der Waals surface area contributed by atoms with E-state index in [9.17, 15) is 9.59 Å². The Morgan fingerprint density at radius 3 is 2.92 bits per heavy atom. The molecule has 1 fully saturated rings. The van der Waals surface area contributed by atoms with Gasteiger partial charge in [0.25, 0.3) is 5.91 Å². The van der Waals surface area contributed by atoms with Crippen LogP contribution >= 0.6 is 11.3 Å². The lowest BCUT2D eigenvalue weighted by atomic mass is 9.78. The third kappa shape index (κ3) is 3.58. The molecular weight excluding hydrogens is 352 g/mol. The Balaban J connectivity index is 1.44. The average molecular weight is 372 g/mol. The summed E-state index contributed by atoms with van der Waals surface area (Å²) in [7, 11) is 0. The van der Waals surface area contributed by atoms with Crippen LogP contribution in [0, 0.1) is 0 Å². The highest BCUT2D eigenvalue weighted by atomic mass is 32.1. The van der Waals surface area contributed by atoms with Crippen LogP contribution in [0.25, 0.3) is 0 Å². The van der Waals surface area contributed by atoms with E-state index in [1.165, 1.54) is 17.8 Å². The van der Waals surface area contributed by atoms with Gasteiger partial charge in [-0.1, -0.05) is 6.42 Å². The van der Waals surface area contributed by atoms with Crippen molar-refractivity contribution >= 4 is 28.2 Å². The quantitative estimate of drug-likeness (QED) is 0.883. The first-order valence-corrected chi connectivity index (χ1v) is 9.70. The van der Waals surface area contributed by atoms with Gasteiger partial charge in [0.2, 0.25) is 0 Å². The van der Waals surface area contributed by atoms with Gasteiger partial charge in [-0.05, 0) is 37.8 Å². The molecule has 1 spiro atoms. The summed E-state index contributed by atoms with van der Waals surface area (Å²) in [5, 5.41) is 4.99. The number of ketones is 1. The van der Waals surface area contributed by atoms with Crippen molar-refractivity contribution in [2.75, 3.05) is 11.9 Å². The average Bonchev–Trinajstić information content (AvgIpc) is 3.13. The Kier molecular flexibility index (Phi) is 4.63. The normalized spacial score (nSPS) is 18.1. The van der Waals surface area contributed by atoms with Gasteiger partial charge in [-0.2, -0.15) is 0 Å². The second-order valence-corrected chi connectivity index (χ2v) is 7.67. The van der Waals surface area contributed by atoms with E-state index in [2.05, 4.69) is 10.3 Å². The number of nitrogens with zero attached hydrogens (tertiary/aromatic N) is 1. The lowest BCUT2D eigenvalue weighted by Crippen LogP contribution is -2.43. The van der Waals surface area contributed by atoms with Crippen LogP contribution in [0.1, 0.15) is 48.9 Å². The summed E-state index contributed by atoms with van der Waals surface area (Å²) in [6.45, 7) is -0.128. The molecule has 0 bridgehead atoms. The summed E-state index contributed by atoms with van der Waals surface area (Å²) >= 11 is 1.35. The number of anilines is 1. The molecule has 1 aliphatic heterocycles. The van der Waals surface area contributed by atoms with Crippen LogP contribution < -0.4 is 14.8 Å². The molecule has 1 saturated carbocycles. The SMILES string of the molecule is O=C(COc1ccc2c(c1)OC1(CCCCC1)CC2=O)Nc1nccs1. The first-order chi connectivity index (χ1) is 12.6. The van der Waals surface area contributed by atoms with Crippen molar-refractivity contribution < 1.29 is 19.1 Å². The number of rotatable bonds is 4. The van der Waals surface area contributed by atoms with Gasteiger partial charge in [-0.15, -0.1) is 11.3 Å². The van der Waals surface area contributed by atoms with Crippen molar-refractivity contribution in [2.45, 2.75) is 44.1 Å². The molecule has 2 aliphatic rings. The fourth-order valence-corrected chi connectivity index (χ4v) is 4.17. The zero-order chi connectivity index (χ0) is 18.0. The molecule has 0 radical (unpaired) electrons. The topological polar surface area (TPSA) is 77.5 Å². The van der Waals surface area contributed by atoms with Crippen LogP contribution in [0.2, 0.25) is 0 Å². The van der Waals surface area contributed by atoms with Crippen LogP contribution in [-0.2, 0) is 4.79 Å². The third-order valence-electron chi connectivity index (χ3n) is 4.88. The molecule has 0 atom stereocenters. The van der Waals surface area contributed by atoms with Gasteiger partial charge in [0.15, 0.2) is 17.5 Å². The summed E-state index contributed by atoms with van der Waals surface area (Å²) in [4.78, 5) is 28.4. The van der Waals surface area contributed by atoms with Gasteiger partial charge in [0, 0.05) is 17.6 Å². The largest absolute Gasteiger partial charge is 0.486 e. The molecule has 7 heteroatoms. The maximum absolute atomic E-state index is 12.5. The standard InChI is InChI=1S/C19H20N2O4S/c22-15-11-19(6-2-1-3-7-19)25-16-10-13(4-5-14(15)16)24-12-17(23)21-18-20-8-9-26-18/h4-5,8-10H,1-3,6-7,11-12H2,(H,20,21,23). The summed E-state index contributed by atoms with van der Waals surface area (Å²) in [6, 6.07) is 5.15. The molecule has 1 aromatic carbocycles. The number of hydrogen-bond acceptors (Lipinski definition) is 6. The van der Waals surface area contributed by atoms with E-state index in [1.54, 1.807) is 29.8 Å². The molecule has 1 aliphatic carbocycles. The molecule has 136 valence electrons. The Morgan fingerprint density at radius 1 is 1.31 bits per heavy atom. The predicted molar refractivity (Wildman–Crippen MR) is 98.1 cm³/mol. The maximum Gasteiger partial charge on any atom is 0.264 e. The lowest BCUT2D eigenvalue weighted by Gasteiger charge is -2.40. The smallest absolute Gasteiger partial charge is 0.264 e. The Bertz CT molecular complexity index is 813. The second kappa shape index (κ2) is 7.07. The highest BCUT2D eigenvalue weighted by Gasteiger charge is 2.41. The number of carbonyl (C=O) groups is 2. The fourth-order valence-electron chi connectivity index (χ4n) is 3.63. The molecule has 2 aromatic rings. The van der Waals surface area contributed by atoms with Gasteiger partial charge < -0.3 is 9.47 Å². The minimum atomic E-state index is -0.358. The van der Waals surface area contributed by atoms with E-state index in [-0.39, 0.29) is 23.9 Å². The summed E-state index contributed by atoms with van der Waals surface area (Å²) in [5.74, 6) is 0.930. The molecule has 0 unspecified atom stereocenters. The first kappa shape index (κ1) is 17.0. The monoisotopic (exact) mass is 372 g/mol. The van der Waals surface area contributed by atoms with Crippen LogP contribution in [0.5, 0.6) is 11.5 Å². The highest BCUT2D eigenvalue weighted by molar-refractivity contribution is 7.13. The Morgan fingerprint density at radius 2 is 2.15 bits per heavy atom. The Hall–Kier alpha value is -2.41. The number of Topliss-reactive ketones (excluding diaryl/α,β-unsaturated/α-hetero) is 1. The third-order valence-corrected chi connectivity index (χ3v) is 5.56. The molecule has 6 nitrogen and oxygen atoms in total. The van der Waals surface area contributed by atoms with Crippen LogP contribution in [0.3, 0.4) is 0 Å². The lowest BCUT2D eigenvalue weighted by molar-refractivity contribution is -0.118. The van der Waals surface area contributed by atoms with Crippen molar-refractivity contribution in [3.05, 3.63) is 35.3 Å². The van der Waals surface area contributed by atoms with Gasteiger partial charge in [-0.3, -0.25) is 14.9 Å². The number of fused-ring (bicyclic) bond motifs is 1. The summed E-state index contributed by atoms with van der Waals surface area (Å²) in [5.41, 5.74) is 0.240. The number of thiazole rings is 1. The van der Waals surface area contributed by atoms with E-state index in [4.69, 9.17) is 9.47 Å². The molecule has 4 rings (SSSR count). The van der Waals surface area contributed by atoms with Gasteiger partial charge in [0.05, 0.1) is 12.0 Å². The van der Waals surface area contributed by atoms with Crippen molar-refractivity contribution in [2.24, 2.45) is 0 Å². The molecule has 0 saturated heterocycles. The van der Waals surface area contributed by atoms with Crippen molar-refractivity contribution in [1.82, 2.24) is 4.98 Å². The highest BCUT2D eigenvalue weighted by Crippen LogP contribution is 2.42. The van der Waals surface area contributed by atoms with Gasteiger partial charge >= 0.3 is 0 Å². The number of hydrogen-bond donors (Lipinski definition) is 1. The molecule has 26 heavy (non-hydrogen) atoms. The van der Waals surface area contributed by atoms with Gasteiger partial charge in [0.1, 0.15) is 17.1 Å². The van der Waals surface area contributed by atoms with E-state index in [0.717, 1.165) is 25.7 Å². The molecule has 1 N–H and O–H groups in total. The van der Waals surface area contributed by atoms with Crippen molar-refractivity contribution in [3.8, 4) is 11.5 Å². The minimum Gasteiger partial charge on any atom is -0.486 e. The first-order valence-electron chi connectivity index (χ1n) is 8.82. The van der Waals surface area contributed by atoms with Crippen molar-refractivity contribution in [3.63, 3.8) is 0 Å². The summed E-state index contributed by atoms with van der Waals surface area (Å²) in [6.07, 6.45) is 7.30. The van der Waals surface area contributed by atoms with E-state index in [0.29, 0.717) is 28.6 Å². The molecular formula is C19H20N2O4S. The fraction of sp³-hybridized carbons (Fsp3) is 0.421. The van der Waals surface area contributed by atoms with E-state index < -0.39 is 0 Å². The van der Waals surface area contributed by atoms with E-state index in [1.807, 2.05) is 0 Å².